The molecular formula is C27H26FN5O2. The number of piperidine rings is 1. The minimum absolute atomic E-state index is 0.0347. The van der Waals surface area contributed by atoms with E-state index in [1.165, 1.54) is 12.1 Å². The van der Waals surface area contributed by atoms with Crippen molar-refractivity contribution in [2.24, 2.45) is 13.0 Å². The van der Waals surface area contributed by atoms with Gasteiger partial charge in [0.05, 0.1) is 16.6 Å². The first kappa shape index (κ1) is 22.7. The highest BCUT2D eigenvalue weighted by molar-refractivity contribution is 5.95. The summed E-state index contributed by atoms with van der Waals surface area (Å²) in [5, 5.41) is 3.05. The Labute approximate surface area is 202 Å². The number of amides is 2. The number of rotatable bonds is 4. The molecule has 1 aliphatic rings. The normalized spacial score (nSPS) is 14.3. The summed E-state index contributed by atoms with van der Waals surface area (Å²) in [4.78, 5) is 36.0. The van der Waals surface area contributed by atoms with Gasteiger partial charge in [0.2, 0.25) is 5.91 Å². The van der Waals surface area contributed by atoms with E-state index >= 15 is 0 Å². The fraction of sp³-hybridized carbons (Fsp3) is 0.259. The first-order valence-corrected chi connectivity index (χ1v) is 11.6. The number of aromatic nitrogens is 3. The fourth-order valence-electron chi connectivity index (χ4n) is 4.63. The Morgan fingerprint density at radius 1 is 1.09 bits per heavy atom. The predicted octanol–water partition coefficient (Wildman–Crippen LogP) is 4.57. The molecule has 35 heavy (non-hydrogen) atoms. The lowest BCUT2D eigenvalue weighted by Crippen LogP contribution is -2.41. The molecule has 7 nitrogen and oxygen atoms in total. The van der Waals surface area contributed by atoms with Crippen LogP contribution in [-0.2, 0) is 11.8 Å². The summed E-state index contributed by atoms with van der Waals surface area (Å²) in [6.07, 6.45) is 4.44. The van der Waals surface area contributed by atoms with Crippen LogP contribution in [0.1, 0.15) is 28.8 Å². The van der Waals surface area contributed by atoms with Gasteiger partial charge in [-0.1, -0.05) is 0 Å². The van der Waals surface area contributed by atoms with Crippen molar-refractivity contribution >= 4 is 28.5 Å². The molecule has 0 bridgehead atoms. The van der Waals surface area contributed by atoms with E-state index in [0.717, 1.165) is 28.2 Å². The highest BCUT2D eigenvalue weighted by atomic mass is 19.1. The van der Waals surface area contributed by atoms with Crippen molar-refractivity contribution in [3.63, 3.8) is 0 Å². The van der Waals surface area contributed by atoms with E-state index in [9.17, 15) is 14.0 Å². The number of carbonyl (C=O) groups is 2. The number of nitrogens with one attached hydrogen (secondary N) is 1. The van der Waals surface area contributed by atoms with E-state index < -0.39 is 0 Å². The number of benzene rings is 2. The molecule has 1 fully saturated rings. The lowest BCUT2D eigenvalue weighted by Gasteiger charge is -2.31. The fourth-order valence-corrected chi connectivity index (χ4v) is 4.63. The SMILES string of the molecule is Cc1cc(-c2nc3cc(F)ccc3n2C)ccc1NC(=O)C1CCN(C(=O)c2cccnc2)CC1. The Hall–Kier alpha value is -4.07. The van der Waals surface area contributed by atoms with E-state index in [-0.39, 0.29) is 23.5 Å². The van der Waals surface area contributed by atoms with Crippen molar-refractivity contribution in [1.82, 2.24) is 19.4 Å². The van der Waals surface area contributed by atoms with E-state index in [1.54, 1.807) is 35.5 Å². The van der Waals surface area contributed by atoms with Crippen LogP contribution in [0.4, 0.5) is 10.1 Å². The second kappa shape index (κ2) is 9.29. The van der Waals surface area contributed by atoms with Crippen LogP contribution in [0.15, 0.2) is 60.9 Å². The maximum Gasteiger partial charge on any atom is 0.255 e. The summed E-state index contributed by atoms with van der Waals surface area (Å²) >= 11 is 0. The van der Waals surface area contributed by atoms with Crippen LogP contribution in [0.3, 0.4) is 0 Å². The molecule has 0 atom stereocenters. The number of fused-ring (bicyclic) bond motifs is 1. The van der Waals surface area contributed by atoms with E-state index in [4.69, 9.17) is 0 Å². The Bertz CT molecular complexity index is 1410. The Balaban J connectivity index is 1.25. The van der Waals surface area contributed by atoms with E-state index in [1.807, 2.05) is 36.7 Å². The van der Waals surface area contributed by atoms with Crippen molar-refractivity contribution in [3.05, 3.63) is 77.9 Å². The zero-order valence-corrected chi connectivity index (χ0v) is 19.7. The molecule has 8 heteroatoms. The second-order valence-corrected chi connectivity index (χ2v) is 8.95. The molecule has 0 aliphatic carbocycles. The molecule has 0 spiro atoms. The maximum atomic E-state index is 13.6. The van der Waals surface area contributed by atoms with Gasteiger partial charge in [0.25, 0.3) is 5.91 Å². The zero-order chi connectivity index (χ0) is 24.5. The van der Waals surface area contributed by atoms with Crippen LogP contribution in [0.25, 0.3) is 22.4 Å². The van der Waals surface area contributed by atoms with Crippen molar-refractivity contribution in [3.8, 4) is 11.4 Å². The zero-order valence-electron chi connectivity index (χ0n) is 19.7. The number of carbonyl (C=O) groups excluding carboxylic acids is 2. The van der Waals surface area contributed by atoms with Crippen LogP contribution in [0.2, 0.25) is 0 Å². The average Bonchev–Trinajstić information content (AvgIpc) is 3.20. The second-order valence-electron chi connectivity index (χ2n) is 8.95. The van der Waals surface area contributed by atoms with Gasteiger partial charge in [-0.05, 0) is 67.8 Å². The third-order valence-electron chi connectivity index (χ3n) is 6.65. The Morgan fingerprint density at radius 2 is 1.89 bits per heavy atom. The topological polar surface area (TPSA) is 80.1 Å². The summed E-state index contributed by atoms with van der Waals surface area (Å²) < 4.78 is 15.5. The van der Waals surface area contributed by atoms with Gasteiger partial charge in [0, 0.05) is 55.8 Å². The molecule has 0 unspecified atom stereocenters. The van der Waals surface area contributed by atoms with Crippen LogP contribution < -0.4 is 5.32 Å². The molecular weight excluding hydrogens is 445 g/mol. The van der Waals surface area contributed by atoms with Gasteiger partial charge in [-0.2, -0.15) is 0 Å². The first-order chi connectivity index (χ1) is 16.9. The van der Waals surface area contributed by atoms with Crippen molar-refractivity contribution in [2.45, 2.75) is 19.8 Å². The standard InChI is InChI=1S/C27H26FN5O2/c1-17-14-19(25-30-23-15-21(28)6-8-24(23)32(25)2)5-7-22(17)31-26(34)18-9-12-33(13-10-18)27(35)20-4-3-11-29-16-20/h3-8,11,14-16,18H,9-10,12-13H2,1-2H3,(H,31,34). The quantitative estimate of drug-likeness (QED) is 0.473. The Morgan fingerprint density at radius 3 is 2.60 bits per heavy atom. The molecule has 1 saturated heterocycles. The van der Waals surface area contributed by atoms with E-state index in [2.05, 4.69) is 15.3 Å². The first-order valence-electron chi connectivity index (χ1n) is 11.6. The molecule has 1 N–H and O–H groups in total. The molecule has 2 aromatic carbocycles. The number of nitrogens with zero attached hydrogens (tertiary/aromatic N) is 4. The van der Waals surface area contributed by atoms with Crippen LogP contribution >= 0.6 is 0 Å². The van der Waals surface area contributed by atoms with E-state index in [0.29, 0.717) is 37.0 Å². The molecule has 2 aromatic heterocycles. The molecule has 4 aromatic rings. The molecule has 2 amide bonds. The van der Waals surface area contributed by atoms with Crippen LogP contribution in [0.5, 0.6) is 0 Å². The van der Waals surface area contributed by atoms with Crippen molar-refractivity contribution < 1.29 is 14.0 Å². The van der Waals surface area contributed by atoms with Gasteiger partial charge in [0.1, 0.15) is 11.6 Å². The number of halogens is 1. The van der Waals surface area contributed by atoms with Gasteiger partial charge in [0.15, 0.2) is 0 Å². The molecule has 1 aliphatic heterocycles. The summed E-state index contributed by atoms with van der Waals surface area (Å²) in [7, 11) is 1.90. The lowest BCUT2D eigenvalue weighted by atomic mass is 9.95. The highest BCUT2D eigenvalue weighted by Gasteiger charge is 2.28. The van der Waals surface area contributed by atoms with Crippen LogP contribution in [-0.4, -0.2) is 44.3 Å². The summed E-state index contributed by atoms with van der Waals surface area (Å²) in [6.45, 7) is 3.02. The van der Waals surface area contributed by atoms with Gasteiger partial charge < -0.3 is 14.8 Å². The lowest BCUT2D eigenvalue weighted by molar-refractivity contribution is -0.121. The van der Waals surface area contributed by atoms with Crippen molar-refractivity contribution in [1.29, 1.82) is 0 Å². The summed E-state index contributed by atoms with van der Waals surface area (Å²) in [6, 6.07) is 13.8. The smallest absolute Gasteiger partial charge is 0.255 e. The minimum atomic E-state index is -0.316. The number of hydrogen-bond donors (Lipinski definition) is 1. The van der Waals surface area contributed by atoms with Gasteiger partial charge in [-0.25, -0.2) is 9.37 Å². The number of pyridine rings is 1. The van der Waals surface area contributed by atoms with Gasteiger partial charge in [-0.15, -0.1) is 0 Å². The number of imidazole rings is 1. The molecule has 0 radical (unpaired) electrons. The van der Waals surface area contributed by atoms with Crippen LogP contribution in [0, 0.1) is 18.7 Å². The summed E-state index contributed by atoms with van der Waals surface area (Å²) in [5.41, 5.74) is 4.57. The largest absolute Gasteiger partial charge is 0.339 e. The number of likely N-dealkylation sites (tertiary alicyclic amines) is 1. The third kappa shape index (κ3) is 4.51. The molecule has 178 valence electrons. The highest BCUT2D eigenvalue weighted by Crippen LogP contribution is 2.28. The number of hydrogen-bond acceptors (Lipinski definition) is 4. The monoisotopic (exact) mass is 471 g/mol. The van der Waals surface area contributed by atoms with Gasteiger partial charge >= 0.3 is 0 Å². The summed E-state index contributed by atoms with van der Waals surface area (Å²) in [5.74, 6) is 0.184. The Kier molecular flexibility index (Phi) is 6.03. The predicted molar refractivity (Wildman–Crippen MR) is 132 cm³/mol. The number of aryl methyl sites for hydroxylation is 2. The third-order valence-corrected chi connectivity index (χ3v) is 6.65. The average molecular weight is 472 g/mol. The minimum Gasteiger partial charge on any atom is -0.339 e. The molecule has 5 rings (SSSR count). The van der Waals surface area contributed by atoms with Gasteiger partial charge in [-0.3, -0.25) is 14.6 Å². The molecule has 3 heterocycles. The maximum absolute atomic E-state index is 13.6. The molecule has 0 saturated carbocycles. The number of anilines is 1. The van der Waals surface area contributed by atoms with Crippen molar-refractivity contribution in [2.75, 3.05) is 18.4 Å².